The third kappa shape index (κ3) is 43.1. The highest BCUT2D eigenvalue weighted by Crippen LogP contribution is 2.50. The van der Waals surface area contributed by atoms with Crippen LogP contribution in [0.3, 0.4) is 0 Å². The van der Waals surface area contributed by atoms with Crippen LogP contribution >= 0.6 is 46.4 Å². The zero-order valence-electron chi connectivity index (χ0n) is 86.1. The van der Waals surface area contributed by atoms with Crippen LogP contribution in [0.25, 0.3) is 0 Å². The Bertz CT molecular complexity index is 4120. The summed E-state index contributed by atoms with van der Waals surface area (Å²) >= 11 is 26.6. The number of hydrogen-bond acceptors (Lipinski definition) is 20. The van der Waals surface area contributed by atoms with Crippen LogP contribution in [-0.4, -0.2) is 238 Å². The molecule has 24 heteroatoms. The second kappa shape index (κ2) is 68.8. The van der Waals surface area contributed by atoms with Crippen molar-refractivity contribution in [2.24, 2.45) is 23.7 Å². The molecule has 0 aromatic heterocycles. The van der Waals surface area contributed by atoms with Crippen molar-refractivity contribution in [3.63, 3.8) is 0 Å². The number of benzene rings is 4. The van der Waals surface area contributed by atoms with E-state index in [2.05, 4.69) is 211 Å². The molecule has 2 saturated heterocycles. The molecular formula is C116H178Cl4N2O18. The minimum Gasteiger partial charge on any atom is -0.464 e. The molecule has 18 atom stereocenters. The van der Waals surface area contributed by atoms with E-state index in [1.807, 2.05) is 0 Å². The van der Waals surface area contributed by atoms with Gasteiger partial charge in [0, 0.05) is 121 Å². The lowest BCUT2D eigenvalue weighted by atomic mass is 9.76. The van der Waals surface area contributed by atoms with Crippen molar-refractivity contribution < 1.29 is 88.5 Å². The summed E-state index contributed by atoms with van der Waals surface area (Å²) < 4.78 is 31.1. The Hall–Kier alpha value is -5.60. The van der Waals surface area contributed by atoms with Crippen LogP contribution in [0, 0.1) is 23.7 Å². The normalized spacial score (nSPS) is 24.5. The number of aryl methyl sites for hydroxylation is 2. The highest BCUT2D eigenvalue weighted by Gasteiger charge is 2.46. The molecule has 20 nitrogen and oxygen atoms in total. The van der Waals surface area contributed by atoms with Gasteiger partial charge in [0.25, 0.3) is 0 Å². The molecule has 0 radical (unpaired) electrons. The number of unbranched alkanes of at least 4 members (excludes halogenated alkanes) is 12. The second-order valence-corrected chi connectivity index (χ2v) is 43.0. The third-order valence-corrected chi connectivity index (χ3v) is 31.6. The van der Waals surface area contributed by atoms with E-state index in [1.165, 1.54) is 73.6 Å². The van der Waals surface area contributed by atoms with Crippen LogP contribution in [0.1, 0.15) is 342 Å². The first-order chi connectivity index (χ1) is 67.6. The number of alkyl halides is 4. The monoisotopic (exact) mass is 2030 g/mol. The van der Waals surface area contributed by atoms with E-state index in [1.54, 1.807) is 0 Å². The lowest BCUT2D eigenvalue weighted by Gasteiger charge is -2.32. The molecule has 140 heavy (non-hydrogen) atoms. The molecule has 0 spiro atoms. The fourth-order valence-electron chi connectivity index (χ4n) is 20.6. The van der Waals surface area contributed by atoms with Crippen LogP contribution in [0.15, 0.2) is 146 Å². The molecule has 6 aliphatic rings. The molecule has 2 unspecified atom stereocenters. The molecule has 788 valence electrons. The maximum absolute atomic E-state index is 12.0. The molecule has 2 aliphatic heterocycles. The number of aliphatic hydroxyl groups excluding tert-OH is 8. The predicted octanol–water partition coefficient (Wildman–Crippen LogP) is 22.2. The summed E-state index contributed by atoms with van der Waals surface area (Å²) in [6.45, 7) is 26.0. The first-order valence-corrected chi connectivity index (χ1v) is 55.4. The van der Waals surface area contributed by atoms with Gasteiger partial charge in [0.15, 0.2) is 0 Å². The minimum absolute atomic E-state index is 0.0132. The number of rotatable bonds is 58. The summed E-state index contributed by atoms with van der Waals surface area (Å²) in [6.07, 6.45) is 46.0. The zero-order chi connectivity index (χ0) is 101. The number of ether oxygens (including phenoxy) is 6. The Balaban J connectivity index is 0.000000255. The van der Waals surface area contributed by atoms with Gasteiger partial charge in [-0.1, -0.05) is 265 Å². The zero-order valence-corrected chi connectivity index (χ0v) is 89.1. The van der Waals surface area contributed by atoms with Crippen LogP contribution < -0.4 is 0 Å². The van der Waals surface area contributed by atoms with E-state index < -0.39 is 30.5 Å². The largest absolute Gasteiger partial charge is 0.464 e. The number of aliphatic hydroxyl groups is 8. The van der Waals surface area contributed by atoms with Gasteiger partial charge in [-0.05, 0) is 209 Å². The number of nitrogens with zero attached hydrogens (tertiary/aromatic N) is 2. The van der Waals surface area contributed by atoms with Gasteiger partial charge in [-0.2, -0.15) is 0 Å². The minimum atomic E-state index is -0.476. The van der Waals surface area contributed by atoms with Gasteiger partial charge in [0.05, 0.1) is 76.3 Å². The molecule has 0 bridgehead atoms. The molecule has 0 amide bonds. The van der Waals surface area contributed by atoms with Gasteiger partial charge in [-0.15, -0.1) is 46.4 Å². The summed E-state index contributed by atoms with van der Waals surface area (Å²) in [5, 5.41) is 81.5. The van der Waals surface area contributed by atoms with Crippen molar-refractivity contribution >= 4 is 70.3 Å². The van der Waals surface area contributed by atoms with Gasteiger partial charge in [-0.25, -0.2) is 0 Å². The average Bonchev–Trinajstić information content (AvgIpc) is 1.45. The smallest absolute Gasteiger partial charge is 0.305 e. The number of carbonyl (C=O) groups is 4. The summed E-state index contributed by atoms with van der Waals surface area (Å²) in [5.41, 5.74) is 8.86. The van der Waals surface area contributed by atoms with Crippen molar-refractivity contribution in [3.8, 4) is 0 Å². The SMILES string of the molecule is CCCCC(O)C(C)(C)c1ccc([C@@H]2[C@@H](C/C=C\CCCC(=O)OCCN3CCOCC3)[C@H](Cl)C[C@H]2O)cc1.CCCCC(O)C(C)(C)c1ccc([C@@H]2[C@@H](C/C=C\CCCC(=O)OCCO)[C@H](Cl)C[C@H]2O)cc1.CCCCCCc1ccc([C@@H]2[C@@H](C/C=C\CCCC(=O)OCCN3CCOCC3)[C@H](Cl)C[C@H]2O)cc1.CCCCCCc1ccc([C@@H]2[C@@H](C/C=C\CCCC(=O)OCCO)[C@H](Cl)C[C@H]2O)cc1. The number of allylic oxidation sites excluding steroid dienone is 8. The van der Waals surface area contributed by atoms with Crippen molar-refractivity contribution in [1.82, 2.24) is 9.80 Å². The maximum Gasteiger partial charge on any atom is 0.305 e. The van der Waals surface area contributed by atoms with Crippen LogP contribution in [0.4, 0.5) is 0 Å². The van der Waals surface area contributed by atoms with E-state index in [-0.39, 0.29) is 136 Å². The Labute approximate surface area is 861 Å². The van der Waals surface area contributed by atoms with E-state index >= 15 is 0 Å². The number of morpholine rings is 2. The Morgan fingerprint density at radius 2 is 0.621 bits per heavy atom. The van der Waals surface area contributed by atoms with E-state index in [4.69, 9.17) is 85.0 Å². The molecule has 4 aromatic rings. The van der Waals surface area contributed by atoms with Gasteiger partial charge in [0.1, 0.15) is 26.4 Å². The maximum atomic E-state index is 12.0. The lowest BCUT2D eigenvalue weighted by molar-refractivity contribution is -0.145. The first kappa shape index (κ1) is 121. The van der Waals surface area contributed by atoms with Crippen molar-refractivity contribution in [1.29, 1.82) is 0 Å². The third-order valence-electron chi connectivity index (χ3n) is 29.6. The first-order valence-electron chi connectivity index (χ1n) is 53.7. The lowest BCUT2D eigenvalue weighted by Crippen LogP contribution is -2.38. The molecular weight excluding hydrogens is 1850 g/mol. The quantitative estimate of drug-likeness (QED) is 0.00670. The van der Waals surface area contributed by atoms with Crippen molar-refractivity contribution in [2.75, 3.05) is 105 Å². The highest BCUT2D eigenvalue weighted by molar-refractivity contribution is 6.22. The van der Waals surface area contributed by atoms with Gasteiger partial charge >= 0.3 is 23.9 Å². The van der Waals surface area contributed by atoms with Crippen LogP contribution in [-0.2, 0) is 71.3 Å². The summed E-state index contributed by atoms with van der Waals surface area (Å²) in [4.78, 5) is 51.4. The Morgan fingerprint density at radius 3 is 0.879 bits per heavy atom. The molecule has 10 rings (SSSR count). The fraction of sp³-hybridized carbons (Fsp3) is 0.690. The number of carbonyl (C=O) groups excluding carboxylic acids is 4. The van der Waals surface area contributed by atoms with E-state index in [0.29, 0.717) is 71.0 Å². The number of hydrogen-bond donors (Lipinski definition) is 8. The molecule has 6 fully saturated rings. The van der Waals surface area contributed by atoms with Crippen molar-refractivity contribution in [3.05, 3.63) is 190 Å². The standard InChI is InChI=1S/C32H50ClNO5.C30H46ClNO4.C28H43ClO5.C26H39ClO4/c1-4-5-11-29(36)32(2,3)25-15-13-24(14-16-25)31-26(27(33)23-28(31)35)10-8-6-7-9-12-30(37)39-22-19-34-17-20-38-21-18-34;1-2-3-4-7-10-24-13-15-25(16-14-24)30-26(27(31)23-28(30)33)11-8-5-6-9-12-29(34)36-22-19-32-17-20-35-21-18-32;1-4-5-11-25(32)28(2,3)21-15-13-20(14-16-21)27-22(23(29)19-24(27)31)10-8-6-7-9-12-26(33)34-18-17-30;1-2-3-4-7-10-20-13-15-21(16-14-20)26-22(23(27)19-24(26)29)11-8-5-6-9-12-25(30)31-18-17-28/h6,8,13-16,26-29,31,35-36H,4-5,7,9-12,17-23H2,1-3H3;5,8,13-16,26-28,30,33H,2-4,6-7,9-12,17-23H2,1H3;6,8,13-16,22-25,27,30-32H,4-5,7,9-12,17-19H2,1-3H3;5,8,13-16,22-24,26,28-29H,2-4,6-7,9-12,17-19H2,1H3/b8-6-;8-5-;8-6-;8-5-/t26-,27+,28+,29?,31+;26-,27+,28+,30+;22-,23+,24+,25?,27+;22-,23+,24+,26+/m0000/s1. The number of halogens is 4. The van der Waals surface area contributed by atoms with E-state index in [9.17, 15) is 49.8 Å². The molecule has 4 aromatic carbocycles. The highest BCUT2D eigenvalue weighted by atomic mass is 35.5. The van der Waals surface area contributed by atoms with Gasteiger partial charge in [-0.3, -0.25) is 29.0 Å². The molecule has 4 saturated carbocycles. The Kier molecular flexibility index (Phi) is 59.6. The van der Waals surface area contributed by atoms with Crippen molar-refractivity contribution in [2.45, 2.75) is 379 Å². The predicted molar refractivity (Wildman–Crippen MR) is 568 cm³/mol. The van der Waals surface area contributed by atoms with Gasteiger partial charge < -0.3 is 69.3 Å². The molecule has 8 N–H and O–H groups in total. The topological polar surface area (TPSA) is 292 Å². The fourth-order valence-corrected chi connectivity index (χ4v) is 22.3. The average molecular weight is 2030 g/mol. The summed E-state index contributed by atoms with van der Waals surface area (Å²) in [6, 6.07) is 34.4. The molecule has 2 heterocycles. The van der Waals surface area contributed by atoms with Crippen LogP contribution in [0.5, 0.6) is 0 Å². The Morgan fingerprint density at radius 1 is 0.364 bits per heavy atom. The van der Waals surface area contributed by atoms with E-state index in [0.717, 1.165) is 210 Å². The van der Waals surface area contributed by atoms with Gasteiger partial charge in [0.2, 0.25) is 0 Å². The molecule has 4 aliphatic carbocycles. The summed E-state index contributed by atoms with van der Waals surface area (Å²) in [5.74, 6) is 0.00457. The summed E-state index contributed by atoms with van der Waals surface area (Å²) in [7, 11) is 0. The van der Waals surface area contributed by atoms with Crippen LogP contribution in [0.2, 0.25) is 0 Å². The number of esters is 4. The second-order valence-electron chi connectivity index (χ2n) is 40.8.